The van der Waals surface area contributed by atoms with Crippen LogP contribution in [0.4, 0.5) is 4.79 Å². The van der Waals surface area contributed by atoms with E-state index in [1.807, 2.05) is 41.8 Å². The summed E-state index contributed by atoms with van der Waals surface area (Å²) in [4.78, 5) is 15.3. The third-order valence-electron chi connectivity index (χ3n) is 5.25. The van der Waals surface area contributed by atoms with Gasteiger partial charge in [0.2, 0.25) is 0 Å². The zero-order valence-electron chi connectivity index (χ0n) is 15.4. The van der Waals surface area contributed by atoms with E-state index >= 15 is 0 Å². The molecule has 3 aromatic rings. The standard InChI is InChI=1S/C23H20N2O2S/c24-17-23(20-11-16-28-21(20)18-7-3-1-4-8-18)12-14-25(15-13-23)22(26)27-19-9-5-2-6-10-19/h1-11,16H,12-15H2. The van der Waals surface area contributed by atoms with Crippen molar-refractivity contribution in [2.75, 3.05) is 13.1 Å². The lowest BCUT2D eigenvalue weighted by Crippen LogP contribution is -2.45. The quantitative estimate of drug-likeness (QED) is 0.598. The number of hydrogen-bond acceptors (Lipinski definition) is 4. The molecule has 1 amide bonds. The van der Waals surface area contributed by atoms with Crippen molar-refractivity contribution in [3.63, 3.8) is 0 Å². The number of amides is 1. The number of ether oxygens (including phenoxy) is 1. The normalized spacial score (nSPS) is 15.6. The molecule has 4 rings (SSSR count). The maximum Gasteiger partial charge on any atom is 0.415 e. The number of likely N-dealkylation sites (tertiary alicyclic amines) is 1. The summed E-state index contributed by atoms with van der Waals surface area (Å²) < 4.78 is 5.45. The van der Waals surface area contributed by atoms with Gasteiger partial charge in [-0.2, -0.15) is 5.26 Å². The monoisotopic (exact) mass is 388 g/mol. The molecule has 4 nitrogen and oxygen atoms in total. The molecule has 0 bridgehead atoms. The highest BCUT2D eigenvalue weighted by atomic mass is 32.1. The number of nitriles is 1. The van der Waals surface area contributed by atoms with E-state index < -0.39 is 5.41 Å². The number of carbonyl (C=O) groups is 1. The smallest absolute Gasteiger partial charge is 0.410 e. The fourth-order valence-corrected chi connectivity index (χ4v) is 4.67. The van der Waals surface area contributed by atoms with Crippen molar-refractivity contribution < 1.29 is 9.53 Å². The second-order valence-corrected chi connectivity index (χ2v) is 7.81. The molecule has 0 N–H and O–H groups in total. The summed E-state index contributed by atoms with van der Waals surface area (Å²) >= 11 is 1.66. The predicted molar refractivity (Wildman–Crippen MR) is 110 cm³/mol. The van der Waals surface area contributed by atoms with Crippen molar-refractivity contribution in [2.24, 2.45) is 0 Å². The lowest BCUT2D eigenvalue weighted by Gasteiger charge is -2.37. The molecule has 0 saturated carbocycles. The molecule has 1 fully saturated rings. The van der Waals surface area contributed by atoms with Crippen LogP contribution >= 0.6 is 11.3 Å². The zero-order valence-corrected chi connectivity index (χ0v) is 16.2. The molecule has 1 aliphatic rings. The van der Waals surface area contributed by atoms with Gasteiger partial charge in [-0.25, -0.2) is 4.79 Å². The van der Waals surface area contributed by atoms with Gasteiger partial charge in [0.25, 0.3) is 0 Å². The first-order valence-corrected chi connectivity index (χ1v) is 10.2. The average molecular weight is 388 g/mol. The van der Waals surface area contributed by atoms with Crippen LogP contribution in [-0.4, -0.2) is 24.1 Å². The molecule has 1 aliphatic heterocycles. The first kappa shape index (κ1) is 18.3. The Labute approximate surface area is 168 Å². The van der Waals surface area contributed by atoms with Crippen molar-refractivity contribution in [3.05, 3.63) is 77.7 Å². The maximum absolute atomic E-state index is 12.5. The molecule has 2 aromatic carbocycles. The van der Waals surface area contributed by atoms with E-state index in [0.717, 1.165) is 16.0 Å². The molecule has 2 heterocycles. The molecule has 1 aromatic heterocycles. The summed E-state index contributed by atoms with van der Waals surface area (Å²) in [6.07, 6.45) is 0.847. The van der Waals surface area contributed by atoms with Gasteiger partial charge < -0.3 is 9.64 Å². The molecule has 1 saturated heterocycles. The van der Waals surface area contributed by atoms with E-state index in [0.29, 0.717) is 31.7 Å². The number of thiophene rings is 1. The molecule has 5 heteroatoms. The molecule has 0 radical (unpaired) electrons. The SMILES string of the molecule is N#CC1(c2ccsc2-c2ccccc2)CCN(C(=O)Oc2ccccc2)CC1. The van der Waals surface area contributed by atoms with Crippen molar-refractivity contribution >= 4 is 17.4 Å². The molecule has 0 atom stereocenters. The Hall–Kier alpha value is -3.10. The van der Waals surface area contributed by atoms with Gasteiger partial charge in [0.1, 0.15) is 5.75 Å². The molecule has 28 heavy (non-hydrogen) atoms. The van der Waals surface area contributed by atoms with E-state index in [1.165, 1.54) is 0 Å². The number of piperidine rings is 1. The molecular formula is C23H20N2O2S. The van der Waals surface area contributed by atoms with Crippen LogP contribution in [0, 0.1) is 11.3 Å². The minimum absolute atomic E-state index is 0.355. The van der Waals surface area contributed by atoms with Crippen molar-refractivity contribution in [3.8, 4) is 22.3 Å². The third kappa shape index (κ3) is 3.51. The zero-order chi connectivity index (χ0) is 19.4. The van der Waals surface area contributed by atoms with E-state index in [4.69, 9.17) is 4.74 Å². The molecule has 140 valence electrons. The van der Waals surface area contributed by atoms with Gasteiger partial charge in [0, 0.05) is 18.0 Å². The largest absolute Gasteiger partial charge is 0.415 e. The Bertz CT molecular complexity index is 984. The fourth-order valence-electron chi connectivity index (χ4n) is 3.67. The molecule has 0 unspecified atom stereocenters. The van der Waals surface area contributed by atoms with Crippen LogP contribution < -0.4 is 4.74 Å². The molecule has 0 spiro atoms. The highest BCUT2D eigenvalue weighted by Crippen LogP contribution is 2.43. The van der Waals surface area contributed by atoms with Crippen LogP contribution in [0.15, 0.2) is 72.1 Å². The van der Waals surface area contributed by atoms with E-state index in [2.05, 4.69) is 24.3 Å². The Morgan fingerprint density at radius 3 is 2.29 bits per heavy atom. The highest BCUT2D eigenvalue weighted by Gasteiger charge is 2.40. The number of nitrogens with zero attached hydrogens (tertiary/aromatic N) is 2. The van der Waals surface area contributed by atoms with Crippen LogP contribution in [0.25, 0.3) is 10.4 Å². The van der Waals surface area contributed by atoms with Gasteiger partial charge in [0.15, 0.2) is 0 Å². The summed E-state index contributed by atoms with van der Waals surface area (Å²) in [6.45, 7) is 1.01. The van der Waals surface area contributed by atoms with Gasteiger partial charge in [-0.05, 0) is 47.5 Å². The Morgan fingerprint density at radius 1 is 1.00 bits per heavy atom. The minimum atomic E-state index is -0.575. The predicted octanol–water partition coefficient (Wildman–Crippen LogP) is 5.47. The van der Waals surface area contributed by atoms with Crippen LogP contribution in [0.3, 0.4) is 0 Å². The average Bonchev–Trinajstić information content (AvgIpc) is 3.26. The fraction of sp³-hybridized carbons (Fsp3) is 0.217. The van der Waals surface area contributed by atoms with Crippen molar-refractivity contribution in [1.82, 2.24) is 4.90 Å². The second kappa shape index (κ2) is 7.87. The number of para-hydroxylation sites is 1. The maximum atomic E-state index is 12.5. The van der Waals surface area contributed by atoms with E-state index in [1.54, 1.807) is 28.4 Å². The third-order valence-corrected chi connectivity index (χ3v) is 6.22. The van der Waals surface area contributed by atoms with Gasteiger partial charge in [-0.1, -0.05) is 48.5 Å². The Morgan fingerprint density at radius 2 is 1.64 bits per heavy atom. The molecular weight excluding hydrogens is 368 g/mol. The van der Waals surface area contributed by atoms with E-state index in [9.17, 15) is 10.1 Å². The molecule has 0 aliphatic carbocycles. The van der Waals surface area contributed by atoms with Gasteiger partial charge >= 0.3 is 6.09 Å². The summed E-state index contributed by atoms with van der Waals surface area (Å²) in [5, 5.41) is 12.1. The lowest BCUT2D eigenvalue weighted by molar-refractivity contribution is 0.131. The van der Waals surface area contributed by atoms with Gasteiger partial charge in [-0.15, -0.1) is 11.3 Å². The minimum Gasteiger partial charge on any atom is -0.410 e. The number of rotatable bonds is 3. The Kier molecular flexibility index (Phi) is 5.14. The van der Waals surface area contributed by atoms with Crippen molar-refractivity contribution in [1.29, 1.82) is 5.26 Å². The van der Waals surface area contributed by atoms with Crippen LogP contribution in [0.1, 0.15) is 18.4 Å². The summed E-state index contributed by atoms with van der Waals surface area (Å²) in [5.41, 5.74) is 1.63. The van der Waals surface area contributed by atoms with Crippen LogP contribution in [0.5, 0.6) is 5.75 Å². The van der Waals surface area contributed by atoms with Crippen LogP contribution in [-0.2, 0) is 5.41 Å². The van der Waals surface area contributed by atoms with Crippen molar-refractivity contribution in [2.45, 2.75) is 18.3 Å². The first-order chi connectivity index (χ1) is 13.7. The summed E-state index contributed by atoms with van der Waals surface area (Å²) in [6, 6.07) is 23.9. The first-order valence-electron chi connectivity index (χ1n) is 9.28. The topological polar surface area (TPSA) is 53.3 Å². The Balaban J connectivity index is 1.51. The van der Waals surface area contributed by atoms with Crippen LogP contribution in [0.2, 0.25) is 0 Å². The van der Waals surface area contributed by atoms with Gasteiger partial charge in [0.05, 0.1) is 11.5 Å². The summed E-state index contributed by atoms with van der Waals surface area (Å²) in [7, 11) is 0. The highest BCUT2D eigenvalue weighted by molar-refractivity contribution is 7.13. The van der Waals surface area contributed by atoms with E-state index in [-0.39, 0.29) is 6.09 Å². The number of carbonyl (C=O) groups excluding carboxylic acids is 1. The number of benzene rings is 2. The van der Waals surface area contributed by atoms with Gasteiger partial charge in [-0.3, -0.25) is 0 Å². The number of hydrogen-bond donors (Lipinski definition) is 0. The lowest BCUT2D eigenvalue weighted by atomic mass is 9.73. The second-order valence-electron chi connectivity index (χ2n) is 6.89. The summed E-state index contributed by atoms with van der Waals surface area (Å²) in [5.74, 6) is 0.536.